The number of hydrogen-bond donors (Lipinski definition) is 1. The number of amides is 2. The maximum atomic E-state index is 12.4. The molecule has 1 spiro atoms. The van der Waals surface area contributed by atoms with E-state index in [4.69, 9.17) is 10.5 Å². The summed E-state index contributed by atoms with van der Waals surface area (Å²) in [5.41, 5.74) is 5.69. The van der Waals surface area contributed by atoms with Crippen LogP contribution in [0, 0.1) is 0 Å². The average Bonchev–Trinajstić information content (AvgIpc) is 2.94. The molecule has 1 aromatic heterocycles. The van der Waals surface area contributed by atoms with Crippen molar-refractivity contribution in [3.05, 3.63) is 11.1 Å². The molecular formula is C14H20N4O3S. The summed E-state index contributed by atoms with van der Waals surface area (Å²) in [4.78, 5) is 31.6. The fourth-order valence-corrected chi connectivity index (χ4v) is 3.62. The summed E-state index contributed by atoms with van der Waals surface area (Å²) in [5, 5.41) is 2.10. The Morgan fingerprint density at radius 2 is 2.05 bits per heavy atom. The standard InChI is InChI=1S/C14H20N4O3S/c1-10(19)18-6-7-21-14(9-18)2-4-17(5-3-14)12(20)11-8-22-13(15)16-11/h8H,2-7,9H2,1H3,(H2,15,16). The zero-order chi connectivity index (χ0) is 15.7. The largest absolute Gasteiger partial charge is 0.375 e. The van der Waals surface area contributed by atoms with Gasteiger partial charge in [0.15, 0.2) is 5.13 Å². The predicted octanol–water partition coefficient (Wildman–Crippen LogP) is 0.579. The first kappa shape index (κ1) is 15.2. The van der Waals surface area contributed by atoms with E-state index in [2.05, 4.69) is 4.98 Å². The highest BCUT2D eigenvalue weighted by Crippen LogP contribution is 2.31. The monoisotopic (exact) mass is 324 g/mol. The van der Waals surface area contributed by atoms with Gasteiger partial charge in [0.2, 0.25) is 5.91 Å². The van der Waals surface area contributed by atoms with Crippen LogP contribution in [-0.4, -0.2) is 65.0 Å². The Hall–Kier alpha value is -1.67. The van der Waals surface area contributed by atoms with Crippen molar-refractivity contribution in [2.45, 2.75) is 25.4 Å². The second kappa shape index (κ2) is 5.85. The number of likely N-dealkylation sites (tertiary alicyclic amines) is 1. The number of nitrogen functional groups attached to an aromatic ring is 1. The molecule has 2 amide bonds. The molecule has 22 heavy (non-hydrogen) atoms. The molecule has 0 radical (unpaired) electrons. The van der Waals surface area contributed by atoms with E-state index in [1.165, 1.54) is 11.3 Å². The summed E-state index contributed by atoms with van der Waals surface area (Å²) in [6.45, 7) is 4.65. The number of aromatic nitrogens is 1. The Morgan fingerprint density at radius 1 is 1.32 bits per heavy atom. The molecule has 3 heterocycles. The Bertz CT molecular complexity index is 580. The molecule has 2 aliphatic heterocycles. The summed E-state index contributed by atoms with van der Waals surface area (Å²) in [5.74, 6) is 0.00108. The van der Waals surface area contributed by atoms with Gasteiger partial charge in [0.1, 0.15) is 5.69 Å². The number of carbonyl (C=O) groups excluding carboxylic acids is 2. The average molecular weight is 324 g/mol. The third-order valence-electron chi connectivity index (χ3n) is 4.40. The summed E-state index contributed by atoms with van der Waals surface area (Å²) in [6.07, 6.45) is 1.48. The lowest BCUT2D eigenvalue weighted by molar-refractivity contribution is -0.156. The van der Waals surface area contributed by atoms with Gasteiger partial charge in [-0.3, -0.25) is 9.59 Å². The number of piperidine rings is 1. The fourth-order valence-electron chi connectivity index (χ4n) is 3.08. The van der Waals surface area contributed by atoms with Gasteiger partial charge in [-0.25, -0.2) is 4.98 Å². The molecule has 2 N–H and O–H groups in total. The Labute approximate surface area is 133 Å². The van der Waals surface area contributed by atoms with Crippen LogP contribution in [0.1, 0.15) is 30.3 Å². The van der Waals surface area contributed by atoms with Gasteiger partial charge in [0, 0.05) is 38.5 Å². The molecule has 0 saturated carbocycles. The van der Waals surface area contributed by atoms with E-state index in [1.807, 2.05) is 4.90 Å². The third kappa shape index (κ3) is 2.93. The smallest absolute Gasteiger partial charge is 0.273 e. The molecule has 0 atom stereocenters. The number of nitrogens with two attached hydrogens (primary N) is 1. The normalized spacial score (nSPS) is 21.1. The lowest BCUT2D eigenvalue weighted by atomic mass is 9.89. The highest BCUT2D eigenvalue weighted by Gasteiger charge is 2.41. The highest BCUT2D eigenvalue weighted by atomic mass is 32.1. The van der Waals surface area contributed by atoms with E-state index in [9.17, 15) is 9.59 Å². The number of hydrogen-bond acceptors (Lipinski definition) is 6. The minimum atomic E-state index is -0.304. The van der Waals surface area contributed by atoms with Crippen molar-refractivity contribution in [3.8, 4) is 0 Å². The van der Waals surface area contributed by atoms with Gasteiger partial charge >= 0.3 is 0 Å². The van der Waals surface area contributed by atoms with Crippen molar-refractivity contribution in [1.29, 1.82) is 0 Å². The van der Waals surface area contributed by atoms with Crippen LogP contribution >= 0.6 is 11.3 Å². The molecule has 1 aromatic rings. The van der Waals surface area contributed by atoms with Crippen LogP contribution in [0.25, 0.3) is 0 Å². The first-order chi connectivity index (χ1) is 10.5. The van der Waals surface area contributed by atoms with Gasteiger partial charge in [-0.05, 0) is 12.8 Å². The van der Waals surface area contributed by atoms with Gasteiger partial charge in [0.25, 0.3) is 5.91 Å². The van der Waals surface area contributed by atoms with Gasteiger partial charge in [0.05, 0.1) is 12.2 Å². The van der Waals surface area contributed by atoms with E-state index < -0.39 is 0 Å². The van der Waals surface area contributed by atoms with E-state index in [0.717, 1.165) is 12.8 Å². The van der Waals surface area contributed by atoms with E-state index in [1.54, 1.807) is 17.2 Å². The van der Waals surface area contributed by atoms with E-state index in [-0.39, 0.29) is 17.4 Å². The van der Waals surface area contributed by atoms with Crippen molar-refractivity contribution in [1.82, 2.24) is 14.8 Å². The topological polar surface area (TPSA) is 88.8 Å². The van der Waals surface area contributed by atoms with Crippen LogP contribution in [0.4, 0.5) is 5.13 Å². The minimum absolute atomic E-state index is 0.0815. The van der Waals surface area contributed by atoms with E-state index in [0.29, 0.717) is 43.6 Å². The summed E-state index contributed by atoms with van der Waals surface area (Å²) in [6, 6.07) is 0. The number of carbonyl (C=O) groups is 2. The zero-order valence-electron chi connectivity index (χ0n) is 12.6. The molecule has 3 rings (SSSR count). The zero-order valence-corrected chi connectivity index (χ0v) is 13.4. The summed E-state index contributed by atoms with van der Waals surface area (Å²) in [7, 11) is 0. The first-order valence-corrected chi connectivity index (χ1v) is 8.27. The second-order valence-electron chi connectivity index (χ2n) is 5.84. The molecule has 2 saturated heterocycles. The number of ether oxygens (including phenoxy) is 1. The molecular weight excluding hydrogens is 304 g/mol. The molecule has 120 valence electrons. The molecule has 8 heteroatoms. The fraction of sp³-hybridized carbons (Fsp3) is 0.643. The van der Waals surface area contributed by atoms with Crippen LogP contribution in [0.5, 0.6) is 0 Å². The molecule has 0 aromatic carbocycles. The second-order valence-corrected chi connectivity index (χ2v) is 6.72. The van der Waals surface area contributed by atoms with Crippen LogP contribution < -0.4 is 5.73 Å². The number of morpholine rings is 1. The van der Waals surface area contributed by atoms with Crippen LogP contribution in [0.2, 0.25) is 0 Å². The highest BCUT2D eigenvalue weighted by molar-refractivity contribution is 7.13. The lowest BCUT2D eigenvalue weighted by Gasteiger charge is -2.47. The van der Waals surface area contributed by atoms with Crippen molar-refractivity contribution in [2.24, 2.45) is 0 Å². The van der Waals surface area contributed by atoms with Crippen molar-refractivity contribution < 1.29 is 14.3 Å². The number of nitrogens with zero attached hydrogens (tertiary/aromatic N) is 3. The maximum Gasteiger partial charge on any atom is 0.273 e. The Balaban J connectivity index is 1.62. The Morgan fingerprint density at radius 3 is 2.64 bits per heavy atom. The summed E-state index contributed by atoms with van der Waals surface area (Å²) >= 11 is 1.27. The first-order valence-electron chi connectivity index (χ1n) is 7.39. The molecule has 0 unspecified atom stereocenters. The molecule has 0 bridgehead atoms. The third-order valence-corrected chi connectivity index (χ3v) is 5.07. The van der Waals surface area contributed by atoms with Gasteiger partial charge < -0.3 is 20.3 Å². The summed E-state index contributed by atoms with van der Waals surface area (Å²) < 4.78 is 5.96. The SMILES string of the molecule is CC(=O)N1CCOC2(CCN(C(=O)c3csc(N)n3)CC2)C1. The van der Waals surface area contributed by atoms with Gasteiger partial charge in [-0.15, -0.1) is 11.3 Å². The number of thiazole rings is 1. The van der Waals surface area contributed by atoms with Crippen molar-refractivity contribution >= 4 is 28.3 Å². The quantitative estimate of drug-likeness (QED) is 0.816. The maximum absolute atomic E-state index is 12.4. The lowest BCUT2D eigenvalue weighted by Crippen LogP contribution is -2.58. The molecule has 7 nitrogen and oxygen atoms in total. The van der Waals surface area contributed by atoms with Crippen LogP contribution in [0.3, 0.4) is 0 Å². The molecule has 2 aliphatic rings. The van der Waals surface area contributed by atoms with Crippen molar-refractivity contribution in [2.75, 3.05) is 38.5 Å². The van der Waals surface area contributed by atoms with Crippen molar-refractivity contribution in [3.63, 3.8) is 0 Å². The molecule has 0 aliphatic carbocycles. The van der Waals surface area contributed by atoms with Gasteiger partial charge in [-0.1, -0.05) is 0 Å². The molecule has 2 fully saturated rings. The minimum Gasteiger partial charge on any atom is -0.375 e. The number of anilines is 1. The Kier molecular flexibility index (Phi) is 4.05. The van der Waals surface area contributed by atoms with E-state index >= 15 is 0 Å². The number of rotatable bonds is 1. The van der Waals surface area contributed by atoms with Crippen LogP contribution in [-0.2, 0) is 9.53 Å². The predicted molar refractivity (Wildman–Crippen MR) is 82.6 cm³/mol. The van der Waals surface area contributed by atoms with Gasteiger partial charge in [-0.2, -0.15) is 0 Å². The van der Waals surface area contributed by atoms with Crippen LogP contribution in [0.15, 0.2) is 5.38 Å².